The van der Waals surface area contributed by atoms with Crippen LogP contribution in [0.1, 0.15) is 32.1 Å². The van der Waals surface area contributed by atoms with Crippen molar-refractivity contribution in [1.29, 1.82) is 0 Å². The van der Waals surface area contributed by atoms with Gasteiger partial charge in [0.1, 0.15) is 0 Å². The van der Waals surface area contributed by atoms with E-state index in [9.17, 15) is 9.90 Å². The highest BCUT2D eigenvalue weighted by Crippen LogP contribution is 2.28. The zero-order chi connectivity index (χ0) is 11.1. The van der Waals surface area contributed by atoms with E-state index in [1.807, 2.05) is 0 Å². The van der Waals surface area contributed by atoms with Crippen molar-refractivity contribution in [3.63, 3.8) is 0 Å². The topological polar surface area (TPSA) is 75.4 Å². The van der Waals surface area contributed by atoms with Crippen molar-refractivity contribution in [2.24, 2.45) is 17.6 Å². The number of aliphatic hydroxyl groups excluding tert-OH is 1. The number of aliphatic hydroxyl groups is 1. The monoisotopic (exact) mass is 214 g/mol. The van der Waals surface area contributed by atoms with Gasteiger partial charge in [-0.05, 0) is 24.7 Å². The first-order valence-electron chi connectivity index (χ1n) is 5.85. The van der Waals surface area contributed by atoms with Crippen LogP contribution in [0.3, 0.4) is 0 Å². The van der Waals surface area contributed by atoms with Crippen LogP contribution in [0.15, 0.2) is 0 Å². The zero-order valence-corrected chi connectivity index (χ0v) is 9.24. The van der Waals surface area contributed by atoms with Crippen molar-refractivity contribution < 1.29 is 9.90 Å². The summed E-state index contributed by atoms with van der Waals surface area (Å²) in [5.41, 5.74) is 5.29. The van der Waals surface area contributed by atoms with E-state index in [-0.39, 0.29) is 12.5 Å². The molecule has 0 aromatic heterocycles. The molecule has 0 aromatic carbocycles. The Labute approximate surface area is 91.2 Å². The van der Waals surface area contributed by atoms with Gasteiger partial charge in [-0.3, -0.25) is 4.79 Å². The lowest BCUT2D eigenvalue weighted by atomic mass is 9.79. The summed E-state index contributed by atoms with van der Waals surface area (Å²) in [4.78, 5) is 11.2. The van der Waals surface area contributed by atoms with Crippen LogP contribution in [0.4, 0.5) is 0 Å². The second kappa shape index (κ2) is 6.80. The van der Waals surface area contributed by atoms with Crippen LogP contribution in [-0.2, 0) is 4.79 Å². The average Bonchev–Trinajstić information content (AvgIpc) is 2.27. The molecule has 88 valence electrons. The molecule has 4 N–H and O–H groups in total. The fourth-order valence-corrected chi connectivity index (χ4v) is 2.26. The van der Waals surface area contributed by atoms with Crippen molar-refractivity contribution in [2.45, 2.75) is 32.1 Å². The van der Waals surface area contributed by atoms with Gasteiger partial charge in [0.25, 0.3) is 0 Å². The van der Waals surface area contributed by atoms with Crippen molar-refractivity contribution in [3.8, 4) is 0 Å². The molecule has 1 amide bonds. The number of hydrogen-bond donors (Lipinski definition) is 3. The SMILES string of the molecule is NCCC(=O)NCC1CCCCC1CO. The van der Waals surface area contributed by atoms with Gasteiger partial charge in [0.15, 0.2) is 0 Å². The van der Waals surface area contributed by atoms with Gasteiger partial charge in [-0.25, -0.2) is 0 Å². The van der Waals surface area contributed by atoms with E-state index in [4.69, 9.17) is 5.73 Å². The second-order valence-electron chi connectivity index (χ2n) is 4.33. The van der Waals surface area contributed by atoms with Gasteiger partial charge in [0.2, 0.25) is 5.91 Å². The summed E-state index contributed by atoms with van der Waals surface area (Å²) in [7, 11) is 0. The number of hydrogen-bond acceptors (Lipinski definition) is 3. The number of carbonyl (C=O) groups is 1. The van der Waals surface area contributed by atoms with Gasteiger partial charge >= 0.3 is 0 Å². The van der Waals surface area contributed by atoms with Gasteiger partial charge in [-0.15, -0.1) is 0 Å². The normalized spacial score (nSPS) is 26.3. The molecule has 15 heavy (non-hydrogen) atoms. The van der Waals surface area contributed by atoms with Crippen molar-refractivity contribution in [2.75, 3.05) is 19.7 Å². The standard InChI is InChI=1S/C11H22N2O2/c12-6-5-11(15)13-7-9-3-1-2-4-10(9)8-14/h9-10,14H,1-8,12H2,(H,13,15). The summed E-state index contributed by atoms with van der Waals surface area (Å²) in [5, 5.41) is 12.1. The molecule has 1 saturated carbocycles. The lowest BCUT2D eigenvalue weighted by molar-refractivity contribution is -0.121. The van der Waals surface area contributed by atoms with E-state index in [1.165, 1.54) is 12.8 Å². The fourth-order valence-electron chi connectivity index (χ4n) is 2.26. The van der Waals surface area contributed by atoms with Crippen LogP contribution < -0.4 is 11.1 Å². The van der Waals surface area contributed by atoms with E-state index in [1.54, 1.807) is 0 Å². The minimum atomic E-state index is 0.0276. The first-order chi connectivity index (χ1) is 7.27. The number of rotatable bonds is 5. The smallest absolute Gasteiger partial charge is 0.221 e. The molecule has 1 aliphatic carbocycles. The third-order valence-corrected chi connectivity index (χ3v) is 3.23. The van der Waals surface area contributed by atoms with Crippen LogP contribution in [0.2, 0.25) is 0 Å². The summed E-state index contributed by atoms with van der Waals surface area (Å²) in [6, 6.07) is 0. The molecule has 1 rings (SSSR count). The number of amides is 1. The van der Waals surface area contributed by atoms with E-state index in [0.717, 1.165) is 12.8 Å². The molecular weight excluding hydrogens is 192 g/mol. The Morgan fingerprint density at radius 3 is 2.60 bits per heavy atom. The van der Waals surface area contributed by atoms with Gasteiger partial charge in [0.05, 0.1) is 0 Å². The van der Waals surface area contributed by atoms with Gasteiger partial charge < -0.3 is 16.2 Å². The van der Waals surface area contributed by atoms with Gasteiger partial charge in [-0.2, -0.15) is 0 Å². The largest absolute Gasteiger partial charge is 0.396 e. The molecule has 0 saturated heterocycles. The van der Waals surface area contributed by atoms with Crippen molar-refractivity contribution in [3.05, 3.63) is 0 Å². The summed E-state index contributed by atoms with van der Waals surface area (Å²) in [6.45, 7) is 1.35. The highest BCUT2D eigenvalue weighted by molar-refractivity contribution is 5.75. The molecule has 0 spiro atoms. The molecule has 0 radical (unpaired) electrons. The van der Waals surface area contributed by atoms with Crippen LogP contribution in [-0.4, -0.2) is 30.7 Å². The minimum absolute atomic E-state index is 0.0276. The number of nitrogens with one attached hydrogen (secondary N) is 1. The third-order valence-electron chi connectivity index (χ3n) is 3.23. The summed E-state index contributed by atoms with van der Waals surface area (Å²) >= 11 is 0. The van der Waals surface area contributed by atoms with E-state index in [0.29, 0.717) is 31.3 Å². The van der Waals surface area contributed by atoms with Crippen LogP contribution >= 0.6 is 0 Å². The number of nitrogens with two attached hydrogens (primary N) is 1. The first-order valence-corrected chi connectivity index (χ1v) is 5.85. The van der Waals surface area contributed by atoms with Gasteiger partial charge in [0, 0.05) is 26.1 Å². The summed E-state index contributed by atoms with van der Waals surface area (Å²) in [5.74, 6) is 0.849. The van der Waals surface area contributed by atoms with E-state index < -0.39 is 0 Å². The predicted octanol–water partition coefficient (Wildman–Crippen LogP) is 0.250. The molecule has 2 unspecified atom stereocenters. The predicted molar refractivity (Wildman–Crippen MR) is 59.2 cm³/mol. The Morgan fingerprint density at radius 2 is 2.00 bits per heavy atom. The molecule has 0 bridgehead atoms. The summed E-state index contributed by atoms with van der Waals surface area (Å²) < 4.78 is 0. The zero-order valence-electron chi connectivity index (χ0n) is 9.24. The Hall–Kier alpha value is -0.610. The quantitative estimate of drug-likeness (QED) is 0.614. The number of carbonyl (C=O) groups excluding carboxylic acids is 1. The second-order valence-corrected chi connectivity index (χ2v) is 4.33. The van der Waals surface area contributed by atoms with Crippen LogP contribution in [0.25, 0.3) is 0 Å². The summed E-state index contributed by atoms with van der Waals surface area (Å²) in [6.07, 6.45) is 5.03. The Balaban J connectivity index is 2.26. The molecule has 2 atom stereocenters. The Kier molecular flexibility index (Phi) is 5.65. The molecular formula is C11H22N2O2. The maximum absolute atomic E-state index is 11.2. The lowest BCUT2D eigenvalue weighted by Gasteiger charge is -2.30. The van der Waals surface area contributed by atoms with Crippen molar-refractivity contribution >= 4 is 5.91 Å². The molecule has 4 nitrogen and oxygen atoms in total. The Morgan fingerprint density at radius 1 is 1.33 bits per heavy atom. The van der Waals surface area contributed by atoms with Gasteiger partial charge in [-0.1, -0.05) is 12.8 Å². The molecule has 1 aliphatic rings. The highest BCUT2D eigenvalue weighted by Gasteiger charge is 2.24. The molecule has 1 fully saturated rings. The third kappa shape index (κ3) is 4.18. The lowest BCUT2D eigenvalue weighted by Crippen LogP contribution is -2.36. The maximum atomic E-state index is 11.2. The highest BCUT2D eigenvalue weighted by atomic mass is 16.3. The van der Waals surface area contributed by atoms with E-state index in [2.05, 4.69) is 5.32 Å². The van der Waals surface area contributed by atoms with Crippen LogP contribution in [0, 0.1) is 11.8 Å². The Bertz CT molecular complexity index is 197. The molecule has 4 heteroatoms. The minimum Gasteiger partial charge on any atom is -0.396 e. The van der Waals surface area contributed by atoms with Crippen LogP contribution in [0.5, 0.6) is 0 Å². The first kappa shape index (κ1) is 12.5. The molecule has 0 aromatic rings. The molecule has 0 heterocycles. The maximum Gasteiger partial charge on any atom is 0.221 e. The fraction of sp³-hybridized carbons (Fsp3) is 0.909. The van der Waals surface area contributed by atoms with E-state index >= 15 is 0 Å². The average molecular weight is 214 g/mol. The van der Waals surface area contributed by atoms with Crippen molar-refractivity contribution in [1.82, 2.24) is 5.32 Å². The molecule has 0 aliphatic heterocycles.